The summed E-state index contributed by atoms with van der Waals surface area (Å²) >= 11 is 8.66. The van der Waals surface area contributed by atoms with Gasteiger partial charge in [0.2, 0.25) is 0 Å². The Balaban J connectivity index is 1.95. The fraction of sp³-hybridized carbons (Fsp3) is 0.125. The third-order valence-electron chi connectivity index (χ3n) is 3.08. The Morgan fingerprint density at radius 2 is 1.95 bits per heavy atom. The summed E-state index contributed by atoms with van der Waals surface area (Å²) in [5.41, 5.74) is 7.20. The van der Waals surface area contributed by atoms with Gasteiger partial charge in [0.25, 0.3) is 0 Å². The standard InChI is InChI=1S/C16H16BrN3S/c1-11-5-3-8-15(12(11)2)19-16(21)20-18-10-13-6-4-7-14(17)9-13/h3-10H,1-2H3,(H2,19,20,21). The van der Waals surface area contributed by atoms with Crippen LogP contribution < -0.4 is 10.7 Å². The second kappa shape index (κ2) is 7.33. The molecule has 0 spiro atoms. The number of nitrogens with one attached hydrogen (secondary N) is 2. The highest BCUT2D eigenvalue weighted by molar-refractivity contribution is 9.10. The molecule has 0 saturated carbocycles. The van der Waals surface area contributed by atoms with Gasteiger partial charge in [-0.2, -0.15) is 5.10 Å². The van der Waals surface area contributed by atoms with E-state index in [1.165, 1.54) is 11.1 Å². The maximum atomic E-state index is 5.23. The molecule has 2 rings (SSSR count). The second-order valence-electron chi connectivity index (χ2n) is 4.63. The SMILES string of the molecule is Cc1cccc(NC(=S)NN=Cc2cccc(Br)c2)c1C. The molecule has 0 aliphatic heterocycles. The maximum Gasteiger partial charge on any atom is 0.191 e. The van der Waals surface area contributed by atoms with Crippen LogP contribution in [-0.4, -0.2) is 11.3 Å². The minimum Gasteiger partial charge on any atom is -0.331 e. The molecule has 0 saturated heterocycles. The zero-order valence-electron chi connectivity index (χ0n) is 11.9. The van der Waals surface area contributed by atoms with E-state index in [1.807, 2.05) is 36.4 Å². The lowest BCUT2D eigenvalue weighted by Crippen LogP contribution is -2.24. The zero-order valence-corrected chi connectivity index (χ0v) is 14.3. The van der Waals surface area contributed by atoms with E-state index in [2.05, 4.69) is 51.7 Å². The molecule has 0 bridgehead atoms. The smallest absolute Gasteiger partial charge is 0.191 e. The molecule has 3 nitrogen and oxygen atoms in total. The summed E-state index contributed by atoms with van der Waals surface area (Å²) in [6.07, 6.45) is 1.72. The Morgan fingerprint density at radius 3 is 2.71 bits per heavy atom. The van der Waals surface area contributed by atoms with Gasteiger partial charge in [0.05, 0.1) is 6.21 Å². The fourth-order valence-electron chi connectivity index (χ4n) is 1.79. The van der Waals surface area contributed by atoms with Crippen LogP contribution in [0.4, 0.5) is 5.69 Å². The van der Waals surface area contributed by atoms with E-state index in [0.29, 0.717) is 5.11 Å². The Labute approximate surface area is 138 Å². The molecule has 2 N–H and O–H groups in total. The molecule has 0 aromatic heterocycles. The lowest BCUT2D eigenvalue weighted by Gasteiger charge is -2.11. The van der Waals surface area contributed by atoms with Gasteiger partial charge in [-0.3, -0.25) is 5.43 Å². The Kier molecular flexibility index (Phi) is 5.47. The molecular formula is C16H16BrN3S. The first kappa shape index (κ1) is 15.7. The monoisotopic (exact) mass is 361 g/mol. The zero-order chi connectivity index (χ0) is 15.2. The molecule has 0 atom stereocenters. The minimum atomic E-state index is 0.468. The number of hydrogen-bond donors (Lipinski definition) is 2. The van der Waals surface area contributed by atoms with Crippen molar-refractivity contribution in [3.8, 4) is 0 Å². The van der Waals surface area contributed by atoms with E-state index in [1.54, 1.807) is 6.21 Å². The number of hydrogen-bond acceptors (Lipinski definition) is 2. The first-order valence-corrected chi connectivity index (χ1v) is 7.68. The van der Waals surface area contributed by atoms with Crippen LogP contribution in [0.2, 0.25) is 0 Å². The number of halogens is 1. The molecule has 0 heterocycles. The molecule has 0 amide bonds. The molecule has 0 aliphatic carbocycles. The summed E-state index contributed by atoms with van der Waals surface area (Å²) < 4.78 is 1.02. The number of nitrogens with zero attached hydrogens (tertiary/aromatic N) is 1. The van der Waals surface area contributed by atoms with Gasteiger partial charge in [0.1, 0.15) is 0 Å². The van der Waals surface area contributed by atoms with Crippen LogP contribution in [-0.2, 0) is 0 Å². The van der Waals surface area contributed by atoms with Crippen LogP contribution in [0.15, 0.2) is 52.0 Å². The van der Waals surface area contributed by atoms with Crippen LogP contribution in [0.25, 0.3) is 0 Å². The minimum absolute atomic E-state index is 0.468. The van der Waals surface area contributed by atoms with E-state index >= 15 is 0 Å². The molecule has 108 valence electrons. The van der Waals surface area contributed by atoms with Gasteiger partial charge in [0, 0.05) is 10.2 Å². The number of aryl methyl sites for hydroxylation is 1. The first-order valence-electron chi connectivity index (χ1n) is 6.48. The van der Waals surface area contributed by atoms with Crippen molar-refractivity contribution in [3.05, 3.63) is 63.6 Å². The molecule has 21 heavy (non-hydrogen) atoms. The van der Waals surface area contributed by atoms with Crippen LogP contribution in [0.1, 0.15) is 16.7 Å². The van der Waals surface area contributed by atoms with Crippen molar-refractivity contribution in [1.82, 2.24) is 5.43 Å². The van der Waals surface area contributed by atoms with E-state index in [9.17, 15) is 0 Å². The molecule has 0 radical (unpaired) electrons. The highest BCUT2D eigenvalue weighted by atomic mass is 79.9. The van der Waals surface area contributed by atoms with E-state index in [4.69, 9.17) is 12.2 Å². The lowest BCUT2D eigenvalue weighted by atomic mass is 10.1. The van der Waals surface area contributed by atoms with Crippen molar-refractivity contribution in [2.24, 2.45) is 5.10 Å². The highest BCUT2D eigenvalue weighted by Gasteiger charge is 2.01. The summed E-state index contributed by atoms with van der Waals surface area (Å²) in [7, 11) is 0. The van der Waals surface area contributed by atoms with Crippen molar-refractivity contribution in [1.29, 1.82) is 0 Å². The van der Waals surface area contributed by atoms with Crippen molar-refractivity contribution in [2.75, 3.05) is 5.32 Å². The third kappa shape index (κ3) is 4.65. The largest absolute Gasteiger partial charge is 0.331 e. The summed E-state index contributed by atoms with van der Waals surface area (Å²) in [4.78, 5) is 0. The topological polar surface area (TPSA) is 36.4 Å². The van der Waals surface area contributed by atoms with E-state index < -0.39 is 0 Å². The van der Waals surface area contributed by atoms with E-state index in [-0.39, 0.29) is 0 Å². The predicted octanol–water partition coefficient (Wildman–Crippen LogP) is 4.39. The number of rotatable bonds is 3. The number of thiocarbonyl (C=S) groups is 1. The normalized spacial score (nSPS) is 10.6. The molecule has 0 unspecified atom stereocenters. The van der Waals surface area contributed by atoms with Crippen molar-refractivity contribution in [3.63, 3.8) is 0 Å². The average molecular weight is 362 g/mol. The van der Waals surface area contributed by atoms with Crippen LogP contribution in [0.5, 0.6) is 0 Å². The summed E-state index contributed by atoms with van der Waals surface area (Å²) in [5, 5.41) is 7.74. The molecular weight excluding hydrogens is 346 g/mol. The fourth-order valence-corrected chi connectivity index (χ4v) is 2.37. The van der Waals surface area contributed by atoms with Gasteiger partial charge in [-0.1, -0.05) is 40.2 Å². The second-order valence-corrected chi connectivity index (χ2v) is 5.95. The molecule has 0 fully saturated rings. The quantitative estimate of drug-likeness (QED) is 0.483. The Bertz CT molecular complexity index is 683. The van der Waals surface area contributed by atoms with Crippen molar-refractivity contribution < 1.29 is 0 Å². The number of hydrazone groups is 1. The average Bonchev–Trinajstić information content (AvgIpc) is 2.44. The van der Waals surface area contributed by atoms with Gasteiger partial charge in [0.15, 0.2) is 5.11 Å². The lowest BCUT2D eigenvalue weighted by molar-refractivity contribution is 1.05. The van der Waals surface area contributed by atoms with Crippen molar-refractivity contribution in [2.45, 2.75) is 13.8 Å². The van der Waals surface area contributed by atoms with Gasteiger partial charge >= 0.3 is 0 Å². The van der Waals surface area contributed by atoms with Gasteiger partial charge in [-0.25, -0.2) is 0 Å². The van der Waals surface area contributed by atoms with Crippen LogP contribution in [0, 0.1) is 13.8 Å². The highest BCUT2D eigenvalue weighted by Crippen LogP contribution is 2.17. The van der Waals surface area contributed by atoms with Crippen LogP contribution >= 0.6 is 28.1 Å². The predicted molar refractivity (Wildman–Crippen MR) is 97.0 cm³/mol. The molecule has 2 aromatic carbocycles. The van der Waals surface area contributed by atoms with Gasteiger partial charge < -0.3 is 5.32 Å². The van der Waals surface area contributed by atoms with Crippen LogP contribution in [0.3, 0.4) is 0 Å². The number of benzene rings is 2. The Morgan fingerprint density at radius 1 is 1.19 bits per heavy atom. The summed E-state index contributed by atoms with van der Waals surface area (Å²) in [6.45, 7) is 4.13. The first-order chi connectivity index (χ1) is 10.1. The Hall–Kier alpha value is -1.72. The number of anilines is 1. The third-order valence-corrected chi connectivity index (χ3v) is 3.77. The van der Waals surface area contributed by atoms with Crippen molar-refractivity contribution >= 4 is 45.2 Å². The molecule has 5 heteroatoms. The molecule has 0 aliphatic rings. The van der Waals surface area contributed by atoms with Gasteiger partial charge in [-0.15, -0.1) is 0 Å². The van der Waals surface area contributed by atoms with Gasteiger partial charge in [-0.05, 0) is 61.0 Å². The summed E-state index contributed by atoms with van der Waals surface area (Å²) in [5.74, 6) is 0. The summed E-state index contributed by atoms with van der Waals surface area (Å²) in [6, 6.07) is 13.9. The molecule has 2 aromatic rings. The van der Waals surface area contributed by atoms with E-state index in [0.717, 1.165) is 15.7 Å². The maximum absolute atomic E-state index is 5.23.